The highest BCUT2D eigenvalue weighted by Crippen LogP contribution is 2.31. The number of aromatic nitrogens is 2. The van der Waals surface area contributed by atoms with Gasteiger partial charge in [-0.2, -0.15) is 13.2 Å². The predicted molar refractivity (Wildman–Crippen MR) is 80.9 cm³/mol. The quantitative estimate of drug-likeness (QED) is 0.824. The molecule has 0 spiro atoms. The Bertz CT molecular complexity index is 648. The molecule has 0 bridgehead atoms. The Hall–Kier alpha value is -1.19. The van der Waals surface area contributed by atoms with Crippen molar-refractivity contribution in [3.8, 4) is 5.88 Å². The van der Waals surface area contributed by atoms with E-state index >= 15 is 0 Å². The van der Waals surface area contributed by atoms with Gasteiger partial charge in [0, 0.05) is 28.2 Å². The molecule has 0 fully saturated rings. The molecule has 2 aromatic rings. The van der Waals surface area contributed by atoms with E-state index in [0.717, 1.165) is 26.8 Å². The number of nitrogens with one attached hydrogen (secondary N) is 1. The molecule has 2 heterocycles. The molecular weight excluding hydrogens is 383 g/mol. The van der Waals surface area contributed by atoms with Crippen molar-refractivity contribution >= 4 is 27.3 Å². The lowest BCUT2D eigenvalue weighted by atomic mass is 10.2. The van der Waals surface area contributed by atoms with E-state index in [4.69, 9.17) is 4.74 Å². The van der Waals surface area contributed by atoms with Crippen LogP contribution in [-0.2, 0) is 12.7 Å². The largest absolute Gasteiger partial charge is 0.481 e. The number of hydrogen-bond acceptors (Lipinski definition) is 5. The van der Waals surface area contributed by atoms with Crippen molar-refractivity contribution in [1.82, 2.24) is 15.3 Å². The number of methoxy groups -OCH3 is 1. The van der Waals surface area contributed by atoms with Gasteiger partial charge in [0.25, 0.3) is 0 Å². The van der Waals surface area contributed by atoms with E-state index in [9.17, 15) is 13.2 Å². The smallest absolute Gasteiger partial charge is 0.434 e. The zero-order chi connectivity index (χ0) is 16.3. The number of pyridine rings is 1. The molecular formula is C13H13BrF3N3OS. The molecule has 0 aromatic carbocycles. The first-order valence-electron chi connectivity index (χ1n) is 6.25. The summed E-state index contributed by atoms with van der Waals surface area (Å²) in [6.45, 7) is 2.16. The van der Waals surface area contributed by atoms with E-state index in [2.05, 4.69) is 31.2 Å². The Balaban J connectivity index is 2.05. The van der Waals surface area contributed by atoms with Crippen LogP contribution in [-0.4, -0.2) is 17.1 Å². The van der Waals surface area contributed by atoms with E-state index in [-0.39, 0.29) is 6.04 Å². The fourth-order valence-corrected chi connectivity index (χ4v) is 2.98. The lowest BCUT2D eigenvalue weighted by Crippen LogP contribution is -2.19. The van der Waals surface area contributed by atoms with Gasteiger partial charge in [-0.1, -0.05) is 0 Å². The van der Waals surface area contributed by atoms with Crippen molar-refractivity contribution in [2.75, 3.05) is 7.11 Å². The van der Waals surface area contributed by atoms with Crippen molar-refractivity contribution < 1.29 is 17.9 Å². The standard InChI is InChI=1S/C13H13BrF3N3OS/c1-7(12-20-10(6-22-12)13(15,16)17)18-4-8-3-9(14)5-19-11(8)21-2/h3,5-7,18H,4H2,1-2H3. The Morgan fingerprint density at radius 2 is 2.18 bits per heavy atom. The van der Waals surface area contributed by atoms with Crippen molar-refractivity contribution in [2.24, 2.45) is 0 Å². The van der Waals surface area contributed by atoms with Crippen LogP contribution in [0.15, 0.2) is 22.1 Å². The van der Waals surface area contributed by atoms with Crippen LogP contribution in [0.4, 0.5) is 13.2 Å². The topological polar surface area (TPSA) is 47.0 Å². The van der Waals surface area contributed by atoms with E-state index in [1.807, 2.05) is 6.07 Å². The van der Waals surface area contributed by atoms with Gasteiger partial charge in [-0.05, 0) is 28.9 Å². The Labute approximate surface area is 137 Å². The van der Waals surface area contributed by atoms with Crippen LogP contribution in [0.1, 0.15) is 29.2 Å². The molecule has 0 amide bonds. The number of rotatable bonds is 5. The molecule has 2 aromatic heterocycles. The average molecular weight is 396 g/mol. The third-order valence-electron chi connectivity index (χ3n) is 2.87. The Kier molecular flexibility index (Phi) is 5.41. The molecule has 1 unspecified atom stereocenters. The van der Waals surface area contributed by atoms with E-state index in [1.54, 1.807) is 13.1 Å². The fourth-order valence-electron chi connectivity index (χ4n) is 1.75. The molecule has 120 valence electrons. The van der Waals surface area contributed by atoms with Crippen LogP contribution in [0.5, 0.6) is 5.88 Å². The number of alkyl halides is 3. The maximum atomic E-state index is 12.6. The third kappa shape index (κ3) is 4.17. The second-order valence-electron chi connectivity index (χ2n) is 4.49. The molecule has 1 atom stereocenters. The van der Waals surface area contributed by atoms with Crippen LogP contribution in [0.3, 0.4) is 0 Å². The summed E-state index contributed by atoms with van der Waals surface area (Å²) >= 11 is 4.30. The van der Waals surface area contributed by atoms with Gasteiger partial charge in [0.15, 0.2) is 5.69 Å². The summed E-state index contributed by atoms with van der Waals surface area (Å²) < 4.78 is 43.6. The summed E-state index contributed by atoms with van der Waals surface area (Å²) in [6.07, 6.45) is -2.80. The molecule has 22 heavy (non-hydrogen) atoms. The molecule has 4 nitrogen and oxygen atoms in total. The lowest BCUT2D eigenvalue weighted by Gasteiger charge is -2.13. The van der Waals surface area contributed by atoms with E-state index in [1.165, 1.54) is 7.11 Å². The highest BCUT2D eigenvalue weighted by atomic mass is 79.9. The molecule has 0 radical (unpaired) electrons. The Morgan fingerprint density at radius 1 is 1.45 bits per heavy atom. The van der Waals surface area contributed by atoms with Crippen LogP contribution < -0.4 is 10.1 Å². The Morgan fingerprint density at radius 3 is 2.77 bits per heavy atom. The molecule has 1 N–H and O–H groups in total. The maximum Gasteiger partial charge on any atom is 0.434 e. The number of thiazole rings is 1. The molecule has 0 aliphatic carbocycles. The van der Waals surface area contributed by atoms with Crippen molar-refractivity contribution in [3.05, 3.63) is 38.4 Å². The molecule has 0 saturated heterocycles. The normalized spacial score (nSPS) is 13.2. The molecule has 0 saturated carbocycles. The van der Waals surface area contributed by atoms with Crippen LogP contribution >= 0.6 is 27.3 Å². The van der Waals surface area contributed by atoms with Gasteiger partial charge in [-0.3, -0.25) is 0 Å². The highest BCUT2D eigenvalue weighted by Gasteiger charge is 2.34. The van der Waals surface area contributed by atoms with Crippen LogP contribution in [0.25, 0.3) is 0 Å². The maximum absolute atomic E-state index is 12.6. The minimum absolute atomic E-state index is 0.315. The van der Waals surface area contributed by atoms with Crippen molar-refractivity contribution in [1.29, 1.82) is 0 Å². The van der Waals surface area contributed by atoms with Crippen LogP contribution in [0, 0.1) is 0 Å². The zero-order valence-corrected chi connectivity index (χ0v) is 14.1. The summed E-state index contributed by atoms with van der Waals surface area (Å²) in [4.78, 5) is 7.74. The molecule has 9 heteroatoms. The van der Waals surface area contributed by atoms with Gasteiger partial charge >= 0.3 is 6.18 Å². The van der Waals surface area contributed by atoms with Crippen molar-refractivity contribution in [2.45, 2.75) is 25.7 Å². The number of hydrogen-bond donors (Lipinski definition) is 1. The van der Waals surface area contributed by atoms with Gasteiger partial charge in [0.1, 0.15) is 5.01 Å². The van der Waals surface area contributed by atoms with Gasteiger partial charge in [0.2, 0.25) is 5.88 Å². The first-order chi connectivity index (χ1) is 10.3. The first kappa shape index (κ1) is 17.2. The molecule has 0 aliphatic rings. The van der Waals surface area contributed by atoms with Crippen molar-refractivity contribution in [3.63, 3.8) is 0 Å². The molecule has 2 rings (SSSR count). The van der Waals surface area contributed by atoms with Gasteiger partial charge in [-0.25, -0.2) is 9.97 Å². The summed E-state index contributed by atoms with van der Waals surface area (Å²) in [6, 6.07) is 1.53. The first-order valence-corrected chi connectivity index (χ1v) is 7.93. The summed E-state index contributed by atoms with van der Waals surface area (Å²) in [5.41, 5.74) is -0.0563. The predicted octanol–water partition coefficient (Wildman–Crippen LogP) is 4.18. The number of halogens is 4. The minimum atomic E-state index is -4.41. The third-order valence-corrected chi connectivity index (χ3v) is 4.33. The summed E-state index contributed by atoms with van der Waals surface area (Å²) in [7, 11) is 1.51. The van der Waals surface area contributed by atoms with Gasteiger partial charge in [0.05, 0.1) is 13.2 Å². The van der Waals surface area contributed by atoms with Crippen LogP contribution in [0.2, 0.25) is 0 Å². The molecule has 0 aliphatic heterocycles. The highest BCUT2D eigenvalue weighted by molar-refractivity contribution is 9.10. The number of ether oxygens (including phenoxy) is 1. The second-order valence-corrected chi connectivity index (χ2v) is 6.30. The van der Waals surface area contributed by atoms with E-state index < -0.39 is 11.9 Å². The number of nitrogens with zero attached hydrogens (tertiary/aromatic N) is 2. The summed E-state index contributed by atoms with van der Waals surface area (Å²) in [5, 5.41) is 4.53. The minimum Gasteiger partial charge on any atom is -0.481 e. The monoisotopic (exact) mass is 395 g/mol. The van der Waals surface area contributed by atoms with E-state index in [0.29, 0.717) is 17.4 Å². The average Bonchev–Trinajstić information content (AvgIpc) is 2.95. The summed E-state index contributed by atoms with van der Waals surface area (Å²) in [5.74, 6) is 0.470. The van der Waals surface area contributed by atoms with Gasteiger partial charge < -0.3 is 10.1 Å². The zero-order valence-electron chi connectivity index (χ0n) is 11.7. The lowest BCUT2D eigenvalue weighted by molar-refractivity contribution is -0.140. The SMILES string of the molecule is COc1ncc(Br)cc1CNC(C)c1nc(C(F)(F)F)cs1. The van der Waals surface area contributed by atoms with Gasteiger partial charge in [-0.15, -0.1) is 11.3 Å². The second kappa shape index (κ2) is 6.93. The fraction of sp³-hybridized carbons (Fsp3) is 0.385.